The number of hydrogen-bond donors (Lipinski definition) is 0. The molecule has 0 radical (unpaired) electrons. The number of ketones is 1. The fourth-order valence-corrected chi connectivity index (χ4v) is 4.09. The lowest BCUT2D eigenvalue weighted by atomic mass is 9.66. The molecule has 0 saturated heterocycles. The topological polar surface area (TPSA) is 17.1 Å². The number of rotatable bonds is 0. The smallest absolute Gasteiger partial charge is 0.158 e. The van der Waals surface area contributed by atoms with Gasteiger partial charge in [-0.15, -0.1) is 0 Å². The Bertz CT molecular complexity index is 388. The average molecular weight is 216 g/mol. The fourth-order valence-electron chi connectivity index (χ4n) is 4.09. The molecule has 3 aliphatic carbocycles. The van der Waals surface area contributed by atoms with Gasteiger partial charge in [-0.2, -0.15) is 0 Å². The lowest BCUT2D eigenvalue weighted by molar-refractivity contribution is -0.116. The van der Waals surface area contributed by atoms with Gasteiger partial charge in [0.1, 0.15) is 0 Å². The summed E-state index contributed by atoms with van der Waals surface area (Å²) < 4.78 is 0. The molecule has 1 atom stereocenters. The quantitative estimate of drug-likeness (QED) is 0.560. The molecule has 16 heavy (non-hydrogen) atoms. The molecular formula is C15H20O. The van der Waals surface area contributed by atoms with Crippen LogP contribution in [0.1, 0.15) is 57.8 Å². The molecule has 3 aliphatic rings. The fraction of sp³-hybridized carbons (Fsp3) is 0.667. The minimum absolute atomic E-state index is 0.376. The molecule has 1 fully saturated rings. The van der Waals surface area contributed by atoms with Crippen LogP contribution in [0.5, 0.6) is 0 Å². The van der Waals surface area contributed by atoms with Crippen molar-refractivity contribution in [2.75, 3.05) is 0 Å². The average Bonchev–Trinajstić information content (AvgIpc) is 2.59. The molecule has 3 rings (SSSR count). The van der Waals surface area contributed by atoms with Gasteiger partial charge in [-0.3, -0.25) is 4.79 Å². The van der Waals surface area contributed by atoms with Crippen molar-refractivity contribution in [2.45, 2.75) is 57.8 Å². The van der Waals surface area contributed by atoms with E-state index in [1.165, 1.54) is 49.7 Å². The molecule has 0 aromatic heterocycles. The van der Waals surface area contributed by atoms with Gasteiger partial charge in [0, 0.05) is 6.42 Å². The summed E-state index contributed by atoms with van der Waals surface area (Å²) in [6, 6.07) is 0. The zero-order valence-corrected chi connectivity index (χ0v) is 9.98. The van der Waals surface area contributed by atoms with Crippen molar-refractivity contribution >= 4 is 5.78 Å². The monoisotopic (exact) mass is 216 g/mol. The molecule has 0 aromatic rings. The van der Waals surface area contributed by atoms with Crippen LogP contribution >= 0.6 is 0 Å². The maximum atomic E-state index is 11.9. The molecule has 1 unspecified atom stereocenters. The van der Waals surface area contributed by atoms with E-state index in [4.69, 9.17) is 0 Å². The Labute approximate surface area is 97.6 Å². The number of Topliss-reactive ketones (excluding diaryl/α,β-unsaturated/α-hetero) is 1. The summed E-state index contributed by atoms with van der Waals surface area (Å²) in [6.07, 6.45) is 10.3. The second kappa shape index (κ2) is 3.58. The molecule has 1 spiro atoms. The maximum Gasteiger partial charge on any atom is 0.158 e. The molecule has 0 aliphatic heterocycles. The predicted molar refractivity (Wildman–Crippen MR) is 65.2 cm³/mol. The number of hydrogen-bond acceptors (Lipinski definition) is 1. The minimum Gasteiger partial charge on any atom is -0.295 e. The highest BCUT2D eigenvalue weighted by atomic mass is 16.1. The van der Waals surface area contributed by atoms with Gasteiger partial charge in [0.25, 0.3) is 0 Å². The van der Waals surface area contributed by atoms with Crippen molar-refractivity contribution in [1.29, 1.82) is 0 Å². The van der Waals surface area contributed by atoms with Crippen molar-refractivity contribution in [3.05, 3.63) is 23.3 Å². The van der Waals surface area contributed by atoms with E-state index >= 15 is 0 Å². The van der Waals surface area contributed by atoms with Crippen molar-refractivity contribution in [2.24, 2.45) is 5.41 Å². The Hall–Kier alpha value is -0.850. The lowest BCUT2D eigenvalue weighted by Gasteiger charge is -2.38. The SMILES string of the molecule is C=C1CCCC2(CCC3=C2CCCC3=O)C1. The van der Waals surface area contributed by atoms with Crippen molar-refractivity contribution in [3.63, 3.8) is 0 Å². The molecule has 1 heteroatoms. The molecule has 0 N–H and O–H groups in total. The number of allylic oxidation sites excluding steroid dienone is 3. The Morgan fingerprint density at radius 1 is 1.00 bits per heavy atom. The Morgan fingerprint density at radius 3 is 2.69 bits per heavy atom. The van der Waals surface area contributed by atoms with Gasteiger partial charge in [-0.1, -0.05) is 17.7 Å². The first-order valence-electron chi connectivity index (χ1n) is 6.64. The van der Waals surface area contributed by atoms with E-state index in [9.17, 15) is 4.79 Å². The summed E-state index contributed by atoms with van der Waals surface area (Å²) in [5, 5.41) is 0. The van der Waals surface area contributed by atoms with E-state index in [-0.39, 0.29) is 0 Å². The van der Waals surface area contributed by atoms with Gasteiger partial charge >= 0.3 is 0 Å². The minimum atomic E-state index is 0.376. The van der Waals surface area contributed by atoms with E-state index in [0.29, 0.717) is 11.2 Å². The Kier molecular flexibility index (Phi) is 2.31. The first-order valence-corrected chi connectivity index (χ1v) is 6.64. The second-order valence-corrected chi connectivity index (χ2v) is 5.79. The molecular weight excluding hydrogens is 196 g/mol. The van der Waals surface area contributed by atoms with Crippen LogP contribution in [-0.4, -0.2) is 5.78 Å². The van der Waals surface area contributed by atoms with E-state index in [0.717, 1.165) is 19.3 Å². The van der Waals surface area contributed by atoms with Crippen LogP contribution in [0, 0.1) is 5.41 Å². The van der Waals surface area contributed by atoms with Crippen molar-refractivity contribution < 1.29 is 4.79 Å². The zero-order valence-electron chi connectivity index (χ0n) is 9.98. The molecule has 0 bridgehead atoms. The normalized spacial score (nSPS) is 34.8. The van der Waals surface area contributed by atoms with E-state index in [1.54, 1.807) is 5.57 Å². The predicted octanol–water partition coefficient (Wildman–Crippen LogP) is 3.95. The standard InChI is InChI=1S/C15H20O/c1-11-4-3-8-15(10-11)9-7-12-13(15)5-2-6-14(12)16/h1-10H2. The van der Waals surface area contributed by atoms with Gasteiger partial charge in [-0.05, 0) is 62.4 Å². The van der Waals surface area contributed by atoms with Gasteiger partial charge < -0.3 is 0 Å². The largest absolute Gasteiger partial charge is 0.295 e. The van der Waals surface area contributed by atoms with Crippen LogP contribution in [0.3, 0.4) is 0 Å². The first kappa shape index (κ1) is 10.3. The highest BCUT2D eigenvalue weighted by molar-refractivity contribution is 5.97. The third-order valence-corrected chi connectivity index (χ3v) is 4.80. The molecule has 1 saturated carbocycles. The van der Waals surface area contributed by atoms with Crippen molar-refractivity contribution in [3.8, 4) is 0 Å². The molecule has 0 amide bonds. The van der Waals surface area contributed by atoms with E-state index in [1.807, 2.05) is 0 Å². The van der Waals surface area contributed by atoms with E-state index in [2.05, 4.69) is 6.58 Å². The van der Waals surface area contributed by atoms with Crippen LogP contribution in [0.15, 0.2) is 23.3 Å². The number of fused-ring (bicyclic) bond motifs is 1. The van der Waals surface area contributed by atoms with Crippen LogP contribution < -0.4 is 0 Å². The first-order chi connectivity index (χ1) is 7.71. The summed E-state index contributed by atoms with van der Waals surface area (Å²) in [7, 11) is 0. The third kappa shape index (κ3) is 1.41. The highest BCUT2D eigenvalue weighted by Crippen LogP contribution is 2.56. The van der Waals surface area contributed by atoms with Gasteiger partial charge in [0.05, 0.1) is 0 Å². The van der Waals surface area contributed by atoms with Gasteiger partial charge in [-0.25, -0.2) is 0 Å². The number of carbonyl (C=O) groups is 1. The van der Waals surface area contributed by atoms with Crippen LogP contribution in [0.2, 0.25) is 0 Å². The lowest BCUT2D eigenvalue weighted by Crippen LogP contribution is -2.26. The highest BCUT2D eigenvalue weighted by Gasteiger charge is 2.44. The molecule has 1 nitrogen and oxygen atoms in total. The van der Waals surface area contributed by atoms with Crippen LogP contribution in [0.4, 0.5) is 0 Å². The van der Waals surface area contributed by atoms with Crippen LogP contribution in [-0.2, 0) is 4.79 Å². The number of carbonyl (C=O) groups excluding carboxylic acids is 1. The van der Waals surface area contributed by atoms with Crippen molar-refractivity contribution in [1.82, 2.24) is 0 Å². The van der Waals surface area contributed by atoms with E-state index < -0.39 is 0 Å². The summed E-state index contributed by atoms with van der Waals surface area (Å²) in [5.74, 6) is 0.453. The molecule has 0 heterocycles. The van der Waals surface area contributed by atoms with Crippen LogP contribution in [0.25, 0.3) is 0 Å². The Morgan fingerprint density at radius 2 is 1.88 bits per heavy atom. The van der Waals surface area contributed by atoms with Gasteiger partial charge in [0.15, 0.2) is 5.78 Å². The maximum absolute atomic E-state index is 11.9. The second-order valence-electron chi connectivity index (χ2n) is 5.79. The molecule has 86 valence electrons. The summed E-state index contributed by atoms with van der Waals surface area (Å²) in [4.78, 5) is 11.9. The summed E-state index contributed by atoms with van der Waals surface area (Å²) in [6.45, 7) is 4.18. The van der Waals surface area contributed by atoms with Gasteiger partial charge in [0.2, 0.25) is 0 Å². The molecule has 0 aromatic carbocycles. The zero-order chi connectivity index (χ0) is 11.2. The summed E-state index contributed by atoms with van der Waals surface area (Å²) in [5.41, 5.74) is 4.56. The third-order valence-electron chi connectivity index (χ3n) is 4.80. The summed E-state index contributed by atoms with van der Waals surface area (Å²) >= 11 is 0. The Balaban J connectivity index is 1.98.